The molecule has 0 saturated carbocycles. The van der Waals surface area contributed by atoms with Gasteiger partial charge in [-0.3, -0.25) is 9.78 Å². The minimum absolute atomic E-state index is 0.0431. The third-order valence-electron chi connectivity index (χ3n) is 5.82. The molecule has 0 N–H and O–H groups in total. The number of anilines is 1. The summed E-state index contributed by atoms with van der Waals surface area (Å²) in [4.78, 5) is 30.8. The summed E-state index contributed by atoms with van der Waals surface area (Å²) >= 11 is 0. The van der Waals surface area contributed by atoms with Gasteiger partial charge in [0, 0.05) is 49.5 Å². The SMILES string of the molecule is Cc1cc(C)nc(N2CCC(N(Cc3cccnc3)C(=O)Cc3ccc(F)cc3)CC2)n1. The van der Waals surface area contributed by atoms with Crippen molar-refractivity contribution in [3.8, 4) is 0 Å². The highest BCUT2D eigenvalue weighted by atomic mass is 19.1. The van der Waals surface area contributed by atoms with Crippen molar-refractivity contribution in [2.24, 2.45) is 0 Å². The lowest BCUT2D eigenvalue weighted by Crippen LogP contribution is -2.48. The van der Waals surface area contributed by atoms with Crippen LogP contribution in [0.4, 0.5) is 10.3 Å². The van der Waals surface area contributed by atoms with Gasteiger partial charge in [0.05, 0.1) is 6.42 Å². The number of carbonyl (C=O) groups excluding carboxylic acids is 1. The van der Waals surface area contributed by atoms with Crippen molar-refractivity contribution >= 4 is 11.9 Å². The summed E-state index contributed by atoms with van der Waals surface area (Å²) in [5.74, 6) is 0.508. The monoisotopic (exact) mass is 433 g/mol. The van der Waals surface area contributed by atoms with Gasteiger partial charge in [0.15, 0.2) is 0 Å². The van der Waals surface area contributed by atoms with E-state index in [1.54, 1.807) is 24.5 Å². The Morgan fingerprint density at radius 3 is 2.38 bits per heavy atom. The Kier molecular flexibility index (Phi) is 6.73. The molecule has 0 spiro atoms. The van der Waals surface area contributed by atoms with E-state index in [4.69, 9.17) is 0 Å². The lowest BCUT2D eigenvalue weighted by Gasteiger charge is -2.39. The Morgan fingerprint density at radius 1 is 1.06 bits per heavy atom. The second-order valence-electron chi connectivity index (χ2n) is 8.36. The van der Waals surface area contributed by atoms with E-state index in [-0.39, 0.29) is 24.2 Å². The number of aromatic nitrogens is 3. The summed E-state index contributed by atoms with van der Waals surface area (Å²) in [7, 11) is 0. The van der Waals surface area contributed by atoms with Gasteiger partial charge in [-0.15, -0.1) is 0 Å². The number of aryl methyl sites for hydroxylation is 2. The van der Waals surface area contributed by atoms with Crippen LogP contribution in [0, 0.1) is 19.7 Å². The summed E-state index contributed by atoms with van der Waals surface area (Å²) in [5, 5.41) is 0. The van der Waals surface area contributed by atoms with Crippen LogP contribution < -0.4 is 4.90 Å². The van der Waals surface area contributed by atoms with E-state index in [2.05, 4.69) is 19.9 Å². The third-order valence-corrected chi connectivity index (χ3v) is 5.82. The fraction of sp³-hybridized carbons (Fsp3) is 0.360. The third kappa shape index (κ3) is 5.46. The second kappa shape index (κ2) is 9.85. The summed E-state index contributed by atoms with van der Waals surface area (Å²) < 4.78 is 13.3. The molecule has 2 aromatic heterocycles. The normalized spacial score (nSPS) is 14.4. The van der Waals surface area contributed by atoms with Crippen LogP contribution in [0.1, 0.15) is 35.4 Å². The summed E-state index contributed by atoms with van der Waals surface area (Å²) in [5.41, 5.74) is 3.73. The molecule has 1 amide bonds. The lowest BCUT2D eigenvalue weighted by atomic mass is 10.0. The van der Waals surface area contributed by atoms with Crippen molar-refractivity contribution < 1.29 is 9.18 Å². The molecule has 0 bridgehead atoms. The van der Waals surface area contributed by atoms with E-state index < -0.39 is 0 Å². The van der Waals surface area contributed by atoms with Gasteiger partial charge < -0.3 is 9.80 Å². The Balaban J connectivity index is 1.48. The van der Waals surface area contributed by atoms with Crippen LogP contribution >= 0.6 is 0 Å². The molecule has 166 valence electrons. The topological polar surface area (TPSA) is 62.2 Å². The molecule has 0 unspecified atom stereocenters. The van der Waals surface area contributed by atoms with Gasteiger partial charge >= 0.3 is 0 Å². The predicted molar refractivity (Wildman–Crippen MR) is 122 cm³/mol. The minimum Gasteiger partial charge on any atom is -0.341 e. The van der Waals surface area contributed by atoms with Gasteiger partial charge in [-0.05, 0) is 62.1 Å². The highest BCUT2D eigenvalue weighted by Crippen LogP contribution is 2.23. The number of halogens is 1. The first-order valence-corrected chi connectivity index (χ1v) is 11.0. The molecule has 6 nitrogen and oxygen atoms in total. The average molecular weight is 434 g/mol. The standard InChI is InChI=1S/C25H28FN5O/c1-18-14-19(2)29-25(28-18)30-12-9-23(10-13-30)31(17-21-4-3-11-27-16-21)24(32)15-20-5-7-22(26)8-6-20/h3-8,11,14,16,23H,9-10,12-13,15,17H2,1-2H3. The van der Waals surface area contributed by atoms with Crippen LogP contribution in [0.25, 0.3) is 0 Å². The van der Waals surface area contributed by atoms with Crippen LogP contribution in [-0.2, 0) is 17.8 Å². The average Bonchev–Trinajstić information content (AvgIpc) is 2.79. The molecule has 3 aromatic rings. The number of amides is 1. The number of piperidine rings is 1. The van der Waals surface area contributed by atoms with E-state index in [1.807, 2.05) is 36.9 Å². The molecule has 0 radical (unpaired) electrons. The number of benzene rings is 1. The van der Waals surface area contributed by atoms with Crippen molar-refractivity contribution in [1.29, 1.82) is 0 Å². The van der Waals surface area contributed by atoms with E-state index in [0.717, 1.165) is 54.4 Å². The van der Waals surface area contributed by atoms with Crippen molar-refractivity contribution in [1.82, 2.24) is 19.9 Å². The van der Waals surface area contributed by atoms with Crippen LogP contribution in [0.3, 0.4) is 0 Å². The van der Waals surface area contributed by atoms with Gasteiger partial charge in [-0.1, -0.05) is 18.2 Å². The zero-order valence-corrected chi connectivity index (χ0v) is 18.5. The van der Waals surface area contributed by atoms with Crippen molar-refractivity contribution in [3.63, 3.8) is 0 Å². The molecule has 1 aliphatic rings. The van der Waals surface area contributed by atoms with Gasteiger partial charge in [-0.25, -0.2) is 14.4 Å². The molecule has 1 fully saturated rings. The van der Waals surface area contributed by atoms with E-state index in [1.165, 1.54) is 12.1 Å². The maximum atomic E-state index is 13.3. The Bertz CT molecular complexity index is 1030. The lowest BCUT2D eigenvalue weighted by molar-refractivity contribution is -0.134. The molecule has 1 saturated heterocycles. The summed E-state index contributed by atoms with van der Waals surface area (Å²) in [6.07, 6.45) is 5.46. The first-order valence-electron chi connectivity index (χ1n) is 11.0. The first-order chi connectivity index (χ1) is 15.5. The zero-order valence-electron chi connectivity index (χ0n) is 18.5. The minimum atomic E-state index is -0.297. The maximum Gasteiger partial charge on any atom is 0.227 e. The number of hydrogen-bond acceptors (Lipinski definition) is 5. The molecule has 1 aliphatic heterocycles. The van der Waals surface area contributed by atoms with E-state index in [0.29, 0.717) is 6.54 Å². The Morgan fingerprint density at radius 2 is 1.75 bits per heavy atom. The van der Waals surface area contributed by atoms with E-state index in [9.17, 15) is 9.18 Å². The fourth-order valence-electron chi connectivity index (χ4n) is 4.21. The van der Waals surface area contributed by atoms with Crippen LogP contribution in [0.2, 0.25) is 0 Å². The fourth-order valence-corrected chi connectivity index (χ4v) is 4.21. The molecule has 4 rings (SSSR count). The zero-order chi connectivity index (χ0) is 22.5. The molecule has 0 atom stereocenters. The highest BCUT2D eigenvalue weighted by Gasteiger charge is 2.29. The molecule has 32 heavy (non-hydrogen) atoms. The highest BCUT2D eigenvalue weighted by molar-refractivity contribution is 5.79. The van der Waals surface area contributed by atoms with Crippen LogP contribution in [0.15, 0.2) is 54.9 Å². The molecule has 1 aromatic carbocycles. The van der Waals surface area contributed by atoms with Gasteiger partial charge in [0.2, 0.25) is 11.9 Å². The smallest absolute Gasteiger partial charge is 0.227 e. The van der Waals surface area contributed by atoms with Crippen molar-refractivity contribution in [2.45, 2.75) is 45.7 Å². The second-order valence-corrected chi connectivity index (χ2v) is 8.36. The Labute approximate surface area is 188 Å². The quantitative estimate of drug-likeness (QED) is 0.591. The van der Waals surface area contributed by atoms with Crippen molar-refractivity contribution in [2.75, 3.05) is 18.0 Å². The van der Waals surface area contributed by atoms with Gasteiger partial charge in [0.25, 0.3) is 0 Å². The number of rotatable bonds is 6. The molecule has 7 heteroatoms. The van der Waals surface area contributed by atoms with Crippen LogP contribution in [-0.4, -0.2) is 44.9 Å². The van der Waals surface area contributed by atoms with Gasteiger partial charge in [-0.2, -0.15) is 0 Å². The van der Waals surface area contributed by atoms with E-state index >= 15 is 0 Å². The summed E-state index contributed by atoms with van der Waals surface area (Å²) in [6.45, 7) is 6.06. The number of pyridine rings is 1. The molecule has 0 aliphatic carbocycles. The van der Waals surface area contributed by atoms with Gasteiger partial charge in [0.1, 0.15) is 5.82 Å². The predicted octanol–water partition coefficient (Wildman–Crippen LogP) is 3.87. The summed E-state index contributed by atoms with van der Waals surface area (Å²) in [6, 6.07) is 12.1. The number of nitrogens with zero attached hydrogens (tertiary/aromatic N) is 5. The first kappa shape index (κ1) is 21.9. The van der Waals surface area contributed by atoms with Crippen LogP contribution in [0.5, 0.6) is 0 Å². The molecule has 3 heterocycles. The maximum absolute atomic E-state index is 13.3. The van der Waals surface area contributed by atoms with Crippen molar-refractivity contribution in [3.05, 3.63) is 83.2 Å². The number of carbonyl (C=O) groups is 1. The largest absolute Gasteiger partial charge is 0.341 e. The molecular weight excluding hydrogens is 405 g/mol. The molecular formula is C25H28FN5O. The Hall–Kier alpha value is -3.35. The number of hydrogen-bond donors (Lipinski definition) is 0.